The number of aromatic nitrogens is 1. The number of aromatic amines is 1. The molecule has 0 aliphatic heterocycles. The van der Waals surface area contributed by atoms with Crippen LogP contribution in [0.5, 0.6) is 0 Å². The Morgan fingerprint density at radius 3 is 2.42 bits per heavy atom. The number of halogens is 2. The second kappa shape index (κ2) is 8.41. The zero-order valence-electron chi connectivity index (χ0n) is 16.0. The van der Waals surface area contributed by atoms with E-state index in [-0.39, 0.29) is 28.0 Å². The van der Waals surface area contributed by atoms with E-state index in [9.17, 15) is 17.6 Å². The lowest BCUT2D eigenvalue weighted by atomic mass is 10.2. The summed E-state index contributed by atoms with van der Waals surface area (Å²) < 4.78 is 39.8. The molecule has 0 atom stereocenters. The van der Waals surface area contributed by atoms with Crippen LogP contribution >= 0.6 is 11.6 Å². The molecule has 0 radical (unpaired) electrons. The summed E-state index contributed by atoms with van der Waals surface area (Å²) in [4.78, 5) is 15.4. The smallest absolute Gasteiger partial charge is 0.320 e. The number of nitrogens with one attached hydrogen (secondary N) is 3. The van der Waals surface area contributed by atoms with Crippen LogP contribution in [-0.4, -0.2) is 19.4 Å². The van der Waals surface area contributed by atoms with Gasteiger partial charge in [0.25, 0.3) is 0 Å². The Kier molecular flexibility index (Phi) is 5.67. The molecular formula is C22H17ClFN3O3S. The highest BCUT2D eigenvalue weighted by molar-refractivity contribution is 7.92. The van der Waals surface area contributed by atoms with E-state index in [0.717, 1.165) is 0 Å². The summed E-state index contributed by atoms with van der Waals surface area (Å²) in [6.45, 7) is 0.138. The number of carbonyl (C=O) groups excluding carboxylic acids is 1. The number of benzene rings is 3. The van der Waals surface area contributed by atoms with E-state index in [1.165, 1.54) is 30.3 Å². The third-order valence-corrected chi connectivity index (χ3v) is 6.73. The number of sulfone groups is 1. The molecule has 1 aromatic heterocycles. The number of rotatable bonds is 5. The number of fused-ring (bicyclic) bond motifs is 1. The molecule has 0 saturated heterocycles. The Morgan fingerprint density at radius 1 is 1.00 bits per heavy atom. The van der Waals surface area contributed by atoms with E-state index in [4.69, 9.17) is 11.6 Å². The van der Waals surface area contributed by atoms with Crippen LogP contribution < -0.4 is 10.6 Å². The van der Waals surface area contributed by atoms with Crippen molar-refractivity contribution >= 4 is 44.2 Å². The summed E-state index contributed by atoms with van der Waals surface area (Å²) in [7, 11) is -3.96. The largest absolute Gasteiger partial charge is 0.340 e. The average Bonchev–Trinajstić information content (AvgIpc) is 3.11. The van der Waals surface area contributed by atoms with Crippen molar-refractivity contribution in [2.45, 2.75) is 16.3 Å². The monoisotopic (exact) mass is 457 g/mol. The number of anilines is 1. The first-order chi connectivity index (χ1) is 14.8. The van der Waals surface area contributed by atoms with Crippen molar-refractivity contribution in [1.29, 1.82) is 0 Å². The van der Waals surface area contributed by atoms with Crippen LogP contribution in [0.2, 0.25) is 5.02 Å². The second-order valence-corrected chi connectivity index (χ2v) is 9.09. The molecule has 9 heteroatoms. The van der Waals surface area contributed by atoms with Crippen LogP contribution in [0.1, 0.15) is 5.56 Å². The van der Waals surface area contributed by atoms with Gasteiger partial charge < -0.3 is 10.3 Å². The van der Waals surface area contributed by atoms with Crippen LogP contribution in [-0.2, 0) is 16.4 Å². The van der Waals surface area contributed by atoms with Crippen molar-refractivity contribution in [3.63, 3.8) is 0 Å². The number of hydrogen-bond acceptors (Lipinski definition) is 3. The SMILES string of the molecule is O=C(NCc1ccc(F)cc1)Nc1[nH]c2ccc(Cl)cc2c1S(=O)(=O)c1ccccc1. The molecule has 0 bridgehead atoms. The summed E-state index contributed by atoms with van der Waals surface area (Å²) >= 11 is 6.10. The zero-order valence-corrected chi connectivity index (χ0v) is 17.6. The van der Waals surface area contributed by atoms with Gasteiger partial charge in [-0.05, 0) is 48.0 Å². The molecule has 0 fully saturated rings. The van der Waals surface area contributed by atoms with Crippen LogP contribution in [0.4, 0.5) is 15.0 Å². The molecule has 0 spiro atoms. The van der Waals surface area contributed by atoms with Crippen molar-refractivity contribution in [2.24, 2.45) is 0 Å². The molecule has 3 aromatic carbocycles. The third kappa shape index (κ3) is 4.40. The Balaban J connectivity index is 1.68. The lowest BCUT2D eigenvalue weighted by Crippen LogP contribution is -2.29. The second-order valence-electron chi connectivity index (χ2n) is 6.77. The maximum Gasteiger partial charge on any atom is 0.320 e. The number of carbonyl (C=O) groups is 1. The van der Waals surface area contributed by atoms with Gasteiger partial charge in [0.1, 0.15) is 16.5 Å². The molecule has 4 aromatic rings. The number of urea groups is 1. The Bertz CT molecular complexity index is 1350. The van der Waals surface area contributed by atoms with E-state index in [0.29, 0.717) is 21.5 Å². The van der Waals surface area contributed by atoms with Crippen molar-refractivity contribution in [3.8, 4) is 0 Å². The van der Waals surface area contributed by atoms with Crippen molar-refractivity contribution in [1.82, 2.24) is 10.3 Å². The maximum atomic E-state index is 13.4. The summed E-state index contributed by atoms with van der Waals surface area (Å²) in [6, 6.07) is 17.8. The van der Waals surface area contributed by atoms with Gasteiger partial charge in [0.05, 0.1) is 4.90 Å². The molecule has 0 unspecified atom stereocenters. The number of hydrogen-bond donors (Lipinski definition) is 3. The molecule has 1 heterocycles. The lowest BCUT2D eigenvalue weighted by molar-refractivity contribution is 0.251. The lowest BCUT2D eigenvalue weighted by Gasteiger charge is -2.10. The molecule has 158 valence electrons. The van der Waals surface area contributed by atoms with Gasteiger partial charge >= 0.3 is 6.03 Å². The standard InChI is InChI=1S/C22H17ClFN3O3S/c23-15-8-11-19-18(12-15)20(31(29,30)17-4-2-1-3-5-17)21(26-19)27-22(28)25-13-14-6-9-16(24)10-7-14/h1-12,26H,13H2,(H2,25,27,28). The Labute approximate surface area is 183 Å². The van der Waals surface area contributed by atoms with E-state index in [1.807, 2.05) is 0 Å². The van der Waals surface area contributed by atoms with E-state index in [1.54, 1.807) is 42.5 Å². The van der Waals surface area contributed by atoms with Crippen molar-refractivity contribution in [2.75, 3.05) is 5.32 Å². The van der Waals surface area contributed by atoms with E-state index < -0.39 is 15.9 Å². The fourth-order valence-electron chi connectivity index (χ4n) is 3.17. The Morgan fingerprint density at radius 2 is 1.71 bits per heavy atom. The van der Waals surface area contributed by atoms with Gasteiger partial charge in [-0.2, -0.15) is 0 Å². The first-order valence-corrected chi connectivity index (χ1v) is 11.1. The quantitative estimate of drug-likeness (QED) is 0.388. The van der Waals surface area contributed by atoms with Gasteiger partial charge in [-0.15, -0.1) is 0 Å². The highest BCUT2D eigenvalue weighted by Crippen LogP contribution is 2.36. The van der Waals surface area contributed by atoms with Crippen molar-refractivity contribution in [3.05, 3.63) is 89.2 Å². The number of H-pyrrole nitrogens is 1. The third-order valence-electron chi connectivity index (χ3n) is 4.64. The predicted octanol–water partition coefficient (Wildman–Crippen LogP) is 5.11. The Hall–Kier alpha value is -3.36. The van der Waals surface area contributed by atoms with Gasteiger partial charge in [0.2, 0.25) is 9.84 Å². The fourth-order valence-corrected chi connectivity index (χ4v) is 4.92. The molecule has 2 amide bonds. The minimum absolute atomic E-state index is 0.0257. The van der Waals surface area contributed by atoms with E-state index in [2.05, 4.69) is 15.6 Å². The predicted molar refractivity (Wildman–Crippen MR) is 117 cm³/mol. The summed E-state index contributed by atoms with van der Waals surface area (Å²) in [5.41, 5.74) is 1.20. The van der Waals surface area contributed by atoms with Crippen LogP contribution in [0, 0.1) is 5.82 Å². The number of amides is 2. The molecule has 31 heavy (non-hydrogen) atoms. The average molecular weight is 458 g/mol. The first kappa shape index (κ1) is 20.9. The van der Waals surface area contributed by atoms with Gasteiger partial charge in [0, 0.05) is 22.5 Å². The molecule has 3 N–H and O–H groups in total. The van der Waals surface area contributed by atoms with Gasteiger partial charge in [-0.3, -0.25) is 5.32 Å². The zero-order chi connectivity index (χ0) is 22.0. The first-order valence-electron chi connectivity index (χ1n) is 9.25. The highest BCUT2D eigenvalue weighted by Gasteiger charge is 2.27. The molecule has 0 saturated carbocycles. The minimum atomic E-state index is -3.96. The van der Waals surface area contributed by atoms with Gasteiger partial charge in [-0.1, -0.05) is 41.9 Å². The van der Waals surface area contributed by atoms with Gasteiger partial charge in [-0.25, -0.2) is 17.6 Å². The molecule has 0 aliphatic rings. The normalized spacial score (nSPS) is 11.4. The molecule has 6 nitrogen and oxygen atoms in total. The molecule has 0 aliphatic carbocycles. The molecule has 4 rings (SSSR count). The minimum Gasteiger partial charge on any atom is -0.340 e. The maximum absolute atomic E-state index is 13.4. The summed E-state index contributed by atoms with van der Waals surface area (Å²) in [5.74, 6) is -0.349. The van der Waals surface area contributed by atoms with Crippen LogP contribution in [0.25, 0.3) is 10.9 Å². The van der Waals surface area contributed by atoms with E-state index >= 15 is 0 Å². The molecular weight excluding hydrogens is 441 g/mol. The summed E-state index contributed by atoms with van der Waals surface area (Å²) in [6.07, 6.45) is 0. The fraction of sp³-hybridized carbons (Fsp3) is 0.0455. The van der Waals surface area contributed by atoms with Crippen molar-refractivity contribution < 1.29 is 17.6 Å². The highest BCUT2D eigenvalue weighted by atomic mass is 35.5. The van der Waals surface area contributed by atoms with Gasteiger partial charge in [0.15, 0.2) is 0 Å². The summed E-state index contributed by atoms with van der Waals surface area (Å²) in [5, 5.41) is 5.93. The van der Waals surface area contributed by atoms with Crippen LogP contribution in [0.15, 0.2) is 82.6 Å². The van der Waals surface area contributed by atoms with Crippen LogP contribution in [0.3, 0.4) is 0 Å². The topological polar surface area (TPSA) is 91.1 Å².